The molecule has 3 rings (SSSR count). The van der Waals surface area contributed by atoms with Crippen LogP contribution in [0.5, 0.6) is 5.75 Å². The molecule has 1 heterocycles. The number of ether oxygens (including phenoxy) is 1. The SMILES string of the molecule is Nc1ccc(F)cc1OCc1ccn(C2CCCC2)n1. The predicted molar refractivity (Wildman–Crippen MR) is 74.9 cm³/mol. The molecule has 2 aromatic rings. The minimum absolute atomic E-state index is 0.299. The summed E-state index contributed by atoms with van der Waals surface area (Å²) in [4.78, 5) is 0. The maximum atomic E-state index is 13.1. The van der Waals surface area contributed by atoms with Crippen LogP contribution < -0.4 is 10.5 Å². The van der Waals surface area contributed by atoms with E-state index in [-0.39, 0.29) is 5.82 Å². The van der Waals surface area contributed by atoms with Gasteiger partial charge in [0.05, 0.1) is 17.4 Å². The highest BCUT2D eigenvalue weighted by molar-refractivity contribution is 5.52. The largest absolute Gasteiger partial charge is 0.485 e. The average Bonchev–Trinajstić information content (AvgIpc) is 3.09. The molecule has 0 spiro atoms. The Kier molecular flexibility index (Phi) is 3.58. The first-order chi connectivity index (χ1) is 9.72. The van der Waals surface area contributed by atoms with Gasteiger partial charge in [0.1, 0.15) is 18.2 Å². The number of halogens is 1. The maximum absolute atomic E-state index is 13.1. The molecule has 1 aromatic carbocycles. The molecule has 0 amide bonds. The van der Waals surface area contributed by atoms with Gasteiger partial charge in [-0.05, 0) is 31.0 Å². The number of nitrogens with two attached hydrogens (primary N) is 1. The van der Waals surface area contributed by atoms with Gasteiger partial charge in [-0.15, -0.1) is 0 Å². The second kappa shape index (κ2) is 5.53. The molecule has 0 bridgehead atoms. The van der Waals surface area contributed by atoms with Crippen LogP contribution >= 0.6 is 0 Å². The first kappa shape index (κ1) is 13.0. The molecule has 0 saturated heterocycles. The third-order valence-corrected chi connectivity index (χ3v) is 3.71. The topological polar surface area (TPSA) is 53.1 Å². The number of nitrogen functional groups attached to an aromatic ring is 1. The lowest BCUT2D eigenvalue weighted by Gasteiger charge is -2.09. The monoisotopic (exact) mass is 275 g/mol. The maximum Gasteiger partial charge on any atom is 0.145 e. The van der Waals surface area contributed by atoms with Gasteiger partial charge in [-0.25, -0.2) is 4.39 Å². The number of anilines is 1. The van der Waals surface area contributed by atoms with Gasteiger partial charge in [-0.3, -0.25) is 4.68 Å². The van der Waals surface area contributed by atoms with Crippen molar-refractivity contribution in [2.45, 2.75) is 38.3 Å². The average molecular weight is 275 g/mol. The van der Waals surface area contributed by atoms with Crippen molar-refractivity contribution in [1.29, 1.82) is 0 Å². The molecule has 5 heteroatoms. The van der Waals surface area contributed by atoms with E-state index in [0.29, 0.717) is 24.1 Å². The molecular weight excluding hydrogens is 257 g/mol. The summed E-state index contributed by atoms with van der Waals surface area (Å²) < 4.78 is 20.7. The predicted octanol–water partition coefficient (Wildman–Crippen LogP) is 3.30. The van der Waals surface area contributed by atoms with E-state index in [9.17, 15) is 4.39 Å². The second-order valence-corrected chi connectivity index (χ2v) is 5.20. The summed E-state index contributed by atoms with van der Waals surface area (Å²) in [6.07, 6.45) is 6.92. The molecule has 1 aromatic heterocycles. The molecule has 0 unspecified atom stereocenters. The summed E-state index contributed by atoms with van der Waals surface area (Å²) in [5, 5.41) is 4.52. The van der Waals surface area contributed by atoms with Crippen LogP contribution in [0.15, 0.2) is 30.5 Å². The second-order valence-electron chi connectivity index (χ2n) is 5.20. The van der Waals surface area contributed by atoms with E-state index in [1.807, 2.05) is 16.9 Å². The molecule has 1 saturated carbocycles. The molecule has 4 nitrogen and oxygen atoms in total. The normalized spacial score (nSPS) is 15.7. The Morgan fingerprint density at radius 3 is 2.90 bits per heavy atom. The highest BCUT2D eigenvalue weighted by Gasteiger charge is 2.17. The van der Waals surface area contributed by atoms with Gasteiger partial charge in [0.25, 0.3) is 0 Å². The Bertz CT molecular complexity index is 591. The van der Waals surface area contributed by atoms with E-state index < -0.39 is 0 Å². The highest BCUT2D eigenvalue weighted by Crippen LogP contribution is 2.29. The lowest BCUT2D eigenvalue weighted by molar-refractivity contribution is 0.298. The number of benzene rings is 1. The van der Waals surface area contributed by atoms with Gasteiger partial charge >= 0.3 is 0 Å². The summed E-state index contributed by atoms with van der Waals surface area (Å²) in [5.41, 5.74) is 7.01. The number of rotatable bonds is 4. The van der Waals surface area contributed by atoms with Crippen LogP contribution in [-0.4, -0.2) is 9.78 Å². The van der Waals surface area contributed by atoms with E-state index in [0.717, 1.165) is 5.69 Å². The van der Waals surface area contributed by atoms with Crippen molar-refractivity contribution < 1.29 is 9.13 Å². The lowest BCUT2D eigenvalue weighted by Crippen LogP contribution is -2.06. The quantitative estimate of drug-likeness (QED) is 0.871. The van der Waals surface area contributed by atoms with Crippen molar-refractivity contribution >= 4 is 5.69 Å². The van der Waals surface area contributed by atoms with E-state index in [4.69, 9.17) is 10.5 Å². The third kappa shape index (κ3) is 2.76. The molecule has 1 fully saturated rings. The number of hydrogen-bond donors (Lipinski definition) is 1. The molecule has 1 aliphatic rings. The summed E-state index contributed by atoms with van der Waals surface area (Å²) in [5.74, 6) is 0.00565. The summed E-state index contributed by atoms with van der Waals surface area (Å²) in [6.45, 7) is 0.299. The highest BCUT2D eigenvalue weighted by atomic mass is 19.1. The van der Waals surface area contributed by atoms with Gasteiger partial charge in [0.2, 0.25) is 0 Å². The van der Waals surface area contributed by atoms with Crippen LogP contribution in [0.1, 0.15) is 37.4 Å². The first-order valence-electron chi connectivity index (χ1n) is 6.94. The molecule has 1 aliphatic carbocycles. The van der Waals surface area contributed by atoms with Crippen molar-refractivity contribution in [1.82, 2.24) is 9.78 Å². The van der Waals surface area contributed by atoms with E-state index in [1.165, 1.54) is 43.9 Å². The summed E-state index contributed by atoms with van der Waals surface area (Å²) in [6, 6.07) is 6.57. The molecule has 0 aliphatic heterocycles. The number of aromatic nitrogens is 2. The third-order valence-electron chi connectivity index (χ3n) is 3.71. The van der Waals surface area contributed by atoms with Gasteiger partial charge < -0.3 is 10.5 Å². The van der Waals surface area contributed by atoms with Crippen molar-refractivity contribution in [3.05, 3.63) is 42.0 Å². The minimum Gasteiger partial charge on any atom is -0.485 e. The van der Waals surface area contributed by atoms with E-state index >= 15 is 0 Å². The fraction of sp³-hybridized carbons (Fsp3) is 0.400. The molecule has 0 radical (unpaired) electrons. The molecule has 0 atom stereocenters. The van der Waals surface area contributed by atoms with Crippen LogP contribution in [-0.2, 0) is 6.61 Å². The smallest absolute Gasteiger partial charge is 0.145 e. The van der Waals surface area contributed by atoms with Crippen molar-refractivity contribution in [2.24, 2.45) is 0 Å². The Morgan fingerprint density at radius 2 is 2.10 bits per heavy atom. The van der Waals surface area contributed by atoms with Crippen molar-refractivity contribution in [3.8, 4) is 5.75 Å². The van der Waals surface area contributed by atoms with Crippen LogP contribution in [0.2, 0.25) is 0 Å². The van der Waals surface area contributed by atoms with Gasteiger partial charge in [0, 0.05) is 12.3 Å². The van der Waals surface area contributed by atoms with E-state index in [2.05, 4.69) is 5.10 Å². The zero-order valence-electron chi connectivity index (χ0n) is 11.3. The molecular formula is C15H18FN3O. The summed E-state index contributed by atoms with van der Waals surface area (Å²) >= 11 is 0. The van der Waals surface area contributed by atoms with Gasteiger partial charge in [-0.2, -0.15) is 5.10 Å². The molecule has 2 N–H and O–H groups in total. The number of hydrogen-bond acceptors (Lipinski definition) is 3. The van der Waals surface area contributed by atoms with Crippen LogP contribution in [0.3, 0.4) is 0 Å². The Labute approximate surface area is 117 Å². The molecule has 20 heavy (non-hydrogen) atoms. The molecule has 106 valence electrons. The van der Waals surface area contributed by atoms with Crippen LogP contribution in [0.25, 0.3) is 0 Å². The van der Waals surface area contributed by atoms with Gasteiger partial charge in [-0.1, -0.05) is 12.8 Å². The van der Waals surface area contributed by atoms with E-state index in [1.54, 1.807) is 0 Å². The zero-order chi connectivity index (χ0) is 13.9. The van der Waals surface area contributed by atoms with Crippen molar-refractivity contribution in [3.63, 3.8) is 0 Å². The first-order valence-corrected chi connectivity index (χ1v) is 6.94. The Balaban J connectivity index is 1.64. The zero-order valence-corrected chi connectivity index (χ0v) is 11.3. The van der Waals surface area contributed by atoms with Crippen LogP contribution in [0, 0.1) is 5.82 Å². The Morgan fingerprint density at radius 1 is 1.30 bits per heavy atom. The fourth-order valence-corrected chi connectivity index (χ4v) is 2.61. The number of nitrogens with zero attached hydrogens (tertiary/aromatic N) is 2. The summed E-state index contributed by atoms with van der Waals surface area (Å²) in [7, 11) is 0. The standard InChI is InChI=1S/C15H18FN3O/c16-11-5-6-14(17)15(9-11)20-10-12-7-8-19(18-12)13-3-1-2-4-13/h5-9,13H,1-4,10,17H2. The lowest BCUT2D eigenvalue weighted by atomic mass is 10.3. The Hall–Kier alpha value is -2.04. The fourth-order valence-electron chi connectivity index (χ4n) is 2.61. The van der Waals surface area contributed by atoms with Gasteiger partial charge in [0.15, 0.2) is 0 Å². The minimum atomic E-state index is -0.356. The van der Waals surface area contributed by atoms with Crippen LogP contribution in [0.4, 0.5) is 10.1 Å². The van der Waals surface area contributed by atoms with Crippen molar-refractivity contribution in [2.75, 3.05) is 5.73 Å².